The molecule has 0 bridgehead atoms. The largest absolute Gasteiger partial charge is 0.469 e. The lowest BCUT2D eigenvalue weighted by molar-refractivity contribution is -0.140. The average Bonchev–Trinajstić information content (AvgIpc) is 3.45. The van der Waals surface area contributed by atoms with E-state index < -0.39 is 21.5 Å². The minimum atomic E-state index is -4.06. The fraction of sp³-hybridized carbons (Fsp3) is 0.545. The Morgan fingerprint density at radius 1 is 1.28 bits per heavy atom. The Hall–Kier alpha value is -2.43. The number of amides is 1. The first kappa shape index (κ1) is 25.8. The molecule has 1 aliphatic rings. The van der Waals surface area contributed by atoms with E-state index in [1.165, 1.54) is 13.2 Å². The van der Waals surface area contributed by atoms with Crippen molar-refractivity contribution in [1.29, 1.82) is 0 Å². The van der Waals surface area contributed by atoms with E-state index in [9.17, 15) is 18.0 Å². The number of hydrogen-bond donors (Lipinski definition) is 3. The molecule has 0 spiro atoms. The average molecular weight is 467 g/mol. The molecule has 1 amide bonds. The van der Waals surface area contributed by atoms with Crippen molar-refractivity contribution >= 4 is 27.6 Å². The van der Waals surface area contributed by atoms with Gasteiger partial charge in [0, 0.05) is 18.9 Å². The molecule has 0 aliphatic heterocycles. The zero-order valence-corrected chi connectivity index (χ0v) is 19.6. The maximum absolute atomic E-state index is 12.8. The first-order valence-corrected chi connectivity index (χ1v) is 12.2. The molecule has 32 heavy (non-hydrogen) atoms. The van der Waals surface area contributed by atoms with E-state index in [1.807, 2.05) is 7.05 Å². The van der Waals surface area contributed by atoms with Crippen LogP contribution in [0.3, 0.4) is 0 Å². The van der Waals surface area contributed by atoms with E-state index >= 15 is 0 Å². The number of carbonyl (C=O) groups excluding carboxylic acids is 2. The van der Waals surface area contributed by atoms with Gasteiger partial charge in [0.1, 0.15) is 10.4 Å². The molecule has 10 heteroatoms. The summed E-state index contributed by atoms with van der Waals surface area (Å²) in [6.45, 7) is 5.86. The van der Waals surface area contributed by atoms with Gasteiger partial charge in [-0.15, -0.1) is 6.58 Å². The molecule has 0 aromatic heterocycles. The number of ether oxygens (including phenoxy) is 1. The highest BCUT2D eigenvalue weighted by Gasteiger charge is 2.56. The van der Waals surface area contributed by atoms with E-state index in [2.05, 4.69) is 26.3 Å². The number of para-hydroxylation sites is 1. The predicted molar refractivity (Wildman–Crippen MR) is 123 cm³/mol. The number of sulfonamides is 1. The van der Waals surface area contributed by atoms with Crippen LogP contribution in [0.25, 0.3) is 0 Å². The summed E-state index contributed by atoms with van der Waals surface area (Å²) in [5, 5.41) is 3.15. The van der Waals surface area contributed by atoms with Crippen LogP contribution >= 0.6 is 0 Å². The number of anilines is 1. The molecule has 2 rings (SSSR count). The number of unbranched alkanes of at least 4 members (excludes halogenated alkanes) is 1. The van der Waals surface area contributed by atoms with Crippen molar-refractivity contribution in [3.8, 4) is 0 Å². The Morgan fingerprint density at radius 2 is 1.97 bits per heavy atom. The van der Waals surface area contributed by atoms with Crippen molar-refractivity contribution in [2.75, 3.05) is 39.1 Å². The highest BCUT2D eigenvalue weighted by molar-refractivity contribution is 7.90. The fourth-order valence-electron chi connectivity index (χ4n) is 3.42. The molecule has 1 fully saturated rings. The lowest BCUT2D eigenvalue weighted by Crippen LogP contribution is -2.46. The van der Waals surface area contributed by atoms with Crippen molar-refractivity contribution in [1.82, 2.24) is 9.62 Å². The Morgan fingerprint density at radius 3 is 2.62 bits per heavy atom. The maximum atomic E-state index is 12.8. The molecule has 0 radical (unpaired) electrons. The Balaban J connectivity index is 1.81. The second-order valence-electron chi connectivity index (χ2n) is 8.13. The quantitative estimate of drug-likeness (QED) is 0.213. The van der Waals surface area contributed by atoms with Gasteiger partial charge in [0.2, 0.25) is 0 Å². The Kier molecular flexibility index (Phi) is 9.23. The van der Waals surface area contributed by atoms with E-state index in [-0.39, 0.29) is 16.8 Å². The molecular formula is C22H34N4O5S. The Bertz CT molecular complexity index is 921. The third-order valence-electron chi connectivity index (χ3n) is 5.60. The molecule has 2 atom stereocenters. The molecule has 1 aromatic carbocycles. The number of rotatable bonds is 14. The SMILES string of the molecule is C=CC1CC1(N)C(=O)NS(=O)(=O)c1ccccc1NCCCCN(C)CCCC(=O)OC. The van der Waals surface area contributed by atoms with Crippen LogP contribution in [0.2, 0.25) is 0 Å². The van der Waals surface area contributed by atoms with Gasteiger partial charge in [-0.1, -0.05) is 18.2 Å². The number of carbonyl (C=O) groups is 2. The van der Waals surface area contributed by atoms with Crippen LogP contribution in [0.4, 0.5) is 5.69 Å². The van der Waals surface area contributed by atoms with E-state index in [1.54, 1.807) is 24.3 Å². The molecule has 4 N–H and O–H groups in total. The topological polar surface area (TPSA) is 131 Å². The highest BCUT2D eigenvalue weighted by atomic mass is 32.2. The predicted octanol–water partition coefficient (Wildman–Crippen LogP) is 1.47. The summed E-state index contributed by atoms with van der Waals surface area (Å²) in [5.41, 5.74) is 5.19. The van der Waals surface area contributed by atoms with Gasteiger partial charge in [-0.3, -0.25) is 9.59 Å². The molecule has 178 valence electrons. The van der Waals surface area contributed by atoms with Crippen LogP contribution in [0.1, 0.15) is 32.1 Å². The van der Waals surface area contributed by atoms with Crippen molar-refractivity contribution in [3.63, 3.8) is 0 Å². The van der Waals surface area contributed by atoms with E-state index in [0.29, 0.717) is 25.1 Å². The second-order valence-corrected chi connectivity index (χ2v) is 9.79. The number of esters is 1. The van der Waals surface area contributed by atoms with Crippen molar-refractivity contribution in [2.45, 2.75) is 42.5 Å². The standard InChI is InChI=1S/C22H34N4O5S/c1-4-17-16-22(17,23)21(28)25-32(29,30)19-11-6-5-10-18(19)24-13-7-8-14-26(2)15-9-12-20(27)31-3/h4-6,10-11,17,24H,1,7-9,12-16,23H2,2-3H3,(H,25,28). The minimum absolute atomic E-state index is 0.00711. The number of nitrogens with two attached hydrogens (primary N) is 1. The molecular weight excluding hydrogens is 432 g/mol. The molecule has 1 aromatic rings. The van der Waals surface area contributed by atoms with Gasteiger partial charge >= 0.3 is 5.97 Å². The molecule has 0 saturated heterocycles. The normalized spacial score (nSPS) is 19.9. The summed E-state index contributed by atoms with van der Waals surface area (Å²) >= 11 is 0. The highest BCUT2D eigenvalue weighted by Crippen LogP contribution is 2.42. The summed E-state index contributed by atoms with van der Waals surface area (Å²) in [4.78, 5) is 25.7. The van der Waals surface area contributed by atoms with E-state index in [4.69, 9.17) is 5.73 Å². The lowest BCUT2D eigenvalue weighted by atomic mass is 10.2. The number of methoxy groups -OCH3 is 1. The summed E-state index contributed by atoms with van der Waals surface area (Å²) in [6.07, 6.45) is 4.84. The van der Waals surface area contributed by atoms with Crippen LogP contribution in [0, 0.1) is 5.92 Å². The third-order valence-corrected chi connectivity index (χ3v) is 6.99. The molecule has 1 saturated carbocycles. The molecule has 2 unspecified atom stereocenters. The first-order valence-electron chi connectivity index (χ1n) is 10.7. The summed E-state index contributed by atoms with van der Waals surface area (Å²) in [5.74, 6) is -1.14. The monoisotopic (exact) mass is 466 g/mol. The van der Waals surface area contributed by atoms with E-state index in [0.717, 1.165) is 32.4 Å². The smallest absolute Gasteiger partial charge is 0.305 e. The van der Waals surface area contributed by atoms with Crippen molar-refractivity contribution < 1.29 is 22.7 Å². The van der Waals surface area contributed by atoms with Crippen LogP contribution in [0.15, 0.2) is 41.8 Å². The van der Waals surface area contributed by atoms with Gasteiger partial charge in [-0.2, -0.15) is 0 Å². The van der Waals surface area contributed by atoms with Crippen molar-refractivity contribution in [3.05, 3.63) is 36.9 Å². The summed E-state index contributed by atoms with van der Waals surface area (Å²) in [7, 11) is -0.681. The molecule has 1 aliphatic carbocycles. The number of nitrogens with one attached hydrogen (secondary N) is 2. The van der Waals surface area contributed by atoms with Gasteiger partial charge in [-0.05, 0) is 58.0 Å². The van der Waals surface area contributed by atoms with Crippen LogP contribution < -0.4 is 15.8 Å². The first-order chi connectivity index (χ1) is 15.1. The number of nitrogens with zero attached hydrogens (tertiary/aromatic N) is 1. The van der Waals surface area contributed by atoms with Gasteiger partial charge in [-0.25, -0.2) is 13.1 Å². The minimum Gasteiger partial charge on any atom is -0.469 e. The van der Waals surface area contributed by atoms with Gasteiger partial charge in [0.25, 0.3) is 15.9 Å². The van der Waals surface area contributed by atoms with Gasteiger partial charge < -0.3 is 20.7 Å². The van der Waals surface area contributed by atoms with Crippen LogP contribution in [0.5, 0.6) is 0 Å². The molecule has 0 heterocycles. The second kappa shape index (κ2) is 11.4. The zero-order chi connectivity index (χ0) is 23.8. The number of benzene rings is 1. The maximum Gasteiger partial charge on any atom is 0.305 e. The van der Waals surface area contributed by atoms with Crippen LogP contribution in [-0.4, -0.2) is 64.5 Å². The van der Waals surface area contributed by atoms with Gasteiger partial charge in [0.05, 0.1) is 12.8 Å². The zero-order valence-electron chi connectivity index (χ0n) is 18.8. The summed E-state index contributed by atoms with van der Waals surface area (Å²) in [6, 6.07) is 6.46. The van der Waals surface area contributed by atoms with Crippen LogP contribution in [-0.2, 0) is 24.3 Å². The summed E-state index contributed by atoms with van der Waals surface area (Å²) < 4.78 is 32.3. The fourth-order valence-corrected chi connectivity index (χ4v) is 4.65. The Labute approximate surface area is 190 Å². The lowest BCUT2D eigenvalue weighted by Gasteiger charge is -2.17. The van der Waals surface area contributed by atoms with Gasteiger partial charge in [0.15, 0.2) is 0 Å². The number of hydrogen-bond acceptors (Lipinski definition) is 8. The molecule has 9 nitrogen and oxygen atoms in total. The van der Waals surface area contributed by atoms with Crippen molar-refractivity contribution in [2.24, 2.45) is 11.7 Å². The third kappa shape index (κ3) is 7.04.